The van der Waals surface area contributed by atoms with Gasteiger partial charge in [0.25, 0.3) is 0 Å². The number of benzene rings is 6. The van der Waals surface area contributed by atoms with Gasteiger partial charge in [-0.15, -0.1) is 0 Å². The molecule has 122 heavy (non-hydrogen) atoms. The highest BCUT2D eigenvalue weighted by Crippen LogP contribution is 2.39. The molecule has 0 amide bonds. The maximum Gasteiger partial charge on any atom is 0.178 e. The number of pyridine rings is 5. The van der Waals surface area contributed by atoms with E-state index in [0.717, 1.165) is 194 Å². The first kappa shape index (κ1) is 75.0. The summed E-state index contributed by atoms with van der Waals surface area (Å²) in [5, 5.41) is 65.9. The Hall–Kier alpha value is -15.8. The largest absolute Gasteiger partial charge is 0.487 e. The number of nitrogens with zero attached hydrogens (tertiary/aromatic N) is 12. The normalized spacial score (nSPS) is 13.7. The molecule has 1 aliphatic carbocycles. The smallest absolute Gasteiger partial charge is 0.178 e. The lowest BCUT2D eigenvalue weighted by Crippen LogP contribution is -2.38. The molecule has 2 aliphatic heterocycles. The summed E-state index contributed by atoms with van der Waals surface area (Å²) in [7, 11) is 1.64. The Morgan fingerprint density at radius 1 is 0.434 bits per heavy atom. The number of nitrogens with one attached hydrogen (secondary N) is 10. The van der Waals surface area contributed by atoms with E-state index in [0.29, 0.717) is 67.2 Å². The average molecular weight is 1630 g/mol. The number of aromatic nitrogens is 17. The molecule has 0 radical (unpaired) electrons. The number of hydrogen-bond acceptors (Lipinski definition) is 27. The van der Waals surface area contributed by atoms with Crippen molar-refractivity contribution in [3.8, 4) is 11.5 Å². The van der Waals surface area contributed by atoms with E-state index in [2.05, 4.69) is 155 Å². The minimum atomic E-state index is 0.116. The molecule has 32 nitrogen and oxygen atoms in total. The van der Waals surface area contributed by atoms with Crippen LogP contribution in [-0.4, -0.2) is 139 Å². The Morgan fingerprint density at radius 3 is 1.38 bits per heavy atom. The number of fused-ring (bicyclic) bond motifs is 11. The number of aromatic amines is 5. The number of ether oxygens (including phenoxy) is 5. The van der Waals surface area contributed by atoms with Crippen LogP contribution < -0.4 is 36.1 Å². The van der Waals surface area contributed by atoms with Crippen LogP contribution >= 0.6 is 0 Å². The number of anilines is 10. The topological polar surface area (TPSA) is 406 Å². The van der Waals surface area contributed by atoms with Gasteiger partial charge in [-0.05, 0) is 164 Å². The molecule has 2 fully saturated rings. The van der Waals surface area contributed by atoms with E-state index in [1.54, 1.807) is 50.6 Å². The van der Waals surface area contributed by atoms with Gasteiger partial charge in [0.15, 0.2) is 51.8 Å². The van der Waals surface area contributed by atoms with Crippen LogP contribution in [0.2, 0.25) is 0 Å². The van der Waals surface area contributed by atoms with Crippen molar-refractivity contribution in [1.29, 1.82) is 0 Å². The van der Waals surface area contributed by atoms with Gasteiger partial charge in [-0.2, -0.15) is 25.5 Å². The standard InChI is InChI=1S/C23H17N5O.C19H18N4O2.C17H14N4O3.C17H16N4O3.C14H11N5O/c1-3-15-7-6-14(11-16(15)4-1)12-20-18-9-8-17(13-21(18)29-28-20)25-23-22-19(26-27-23)5-2-10-24-22;1-4-16-18(20-7-1)19(23-22-16)21-13-5-6-14-15(11-25-17(14)9-13)12-3-2-8-24-10-12;1-2-13-16(18-5-1)17(21-20-13)19-10-3-4-12-14(6-10)23-9-15(12)24-11-7-22-8-11;1-22-7-8-23-15-10-24-14-9-11(4-5-12(14)15)19-17-16-13(20-21-17)3-2-6-18-16;1-8-10-5-4-9(7-12(10)20-19-8)16-14-13-11(17-18-14)3-2-6-15-13/h1-2,4-11,13H,3,12H2,(H2,25,26,27);1,4-7,9,11-12H,2-3,8,10H2,(H2,21,22,23);1-6,9,11H,7-8H2,(H2,19,20,21);2-6,9-10H,7-8H2,1H3,(H2,19,20,21);2-7H,1H3,(H2,16,17,18). The lowest BCUT2D eigenvalue weighted by atomic mass is 9.93. The van der Waals surface area contributed by atoms with Crippen LogP contribution in [0.15, 0.2) is 248 Å². The minimum absolute atomic E-state index is 0.116. The number of methoxy groups -OCH3 is 1. The molecule has 6 aromatic carbocycles. The summed E-state index contributed by atoms with van der Waals surface area (Å²) >= 11 is 0. The van der Waals surface area contributed by atoms with Gasteiger partial charge < -0.3 is 72.6 Å². The molecule has 15 aromatic heterocycles. The molecule has 10 N–H and O–H groups in total. The van der Waals surface area contributed by atoms with Gasteiger partial charge in [-0.25, -0.2) is 0 Å². The average Bonchev–Trinajstić information content (AvgIpc) is 1.66. The Labute approximate surface area is 691 Å². The van der Waals surface area contributed by atoms with Crippen LogP contribution in [0.4, 0.5) is 57.5 Å². The van der Waals surface area contributed by atoms with Crippen molar-refractivity contribution >= 4 is 174 Å². The van der Waals surface area contributed by atoms with Gasteiger partial charge in [0.1, 0.15) is 69.6 Å². The molecule has 0 spiro atoms. The zero-order chi connectivity index (χ0) is 81.7. The molecule has 3 aliphatic rings. The number of H-pyrrole nitrogens is 5. The van der Waals surface area contributed by atoms with Gasteiger partial charge in [0.2, 0.25) is 0 Å². The second-order valence-corrected chi connectivity index (χ2v) is 29.2. The molecule has 21 aromatic rings. The maximum absolute atomic E-state index is 5.84. The van der Waals surface area contributed by atoms with Crippen LogP contribution in [0.25, 0.3) is 116 Å². The minimum Gasteiger partial charge on any atom is -0.487 e. The van der Waals surface area contributed by atoms with Gasteiger partial charge in [0, 0.05) is 138 Å². The van der Waals surface area contributed by atoms with Gasteiger partial charge >= 0.3 is 0 Å². The summed E-state index contributed by atoms with van der Waals surface area (Å²) in [4.78, 5) is 21.7. The first-order valence-corrected chi connectivity index (χ1v) is 39.6. The van der Waals surface area contributed by atoms with E-state index in [9.17, 15) is 0 Å². The van der Waals surface area contributed by atoms with Crippen molar-refractivity contribution < 1.29 is 46.0 Å². The third-order valence-electron chi connectivity index (χ3n) is 21.1. The predicted molar refractivity (Wildman–Crippen MR) is 465 cm³/mol. The molecular weight excluding hydrogens is 1550 g/mol. The number of aryl methyl sites for hydroxylation is 1. The Balaban J connectivity index is 0.0000000974. The first-order valence-electron chi connectivity index (χ1n) is 39.6. The van der Waals surface area contributed by atoms with E-state index in [-0.39, 0.29) is 6.10 Å². The molecule has 0 bridgehead atoms. The van der Waals surface area contributed by atoms with Crippen molar-refractivity contribution in [2.75, 3.05) is 73.3 Å². The lowest BCUT2D eigenvalue weighted by molar-refractivity contribution is -0.0793. The molecule has 1 atom stereocenters. The fourth-order valence-electron chi connectivity index (χ4n) is 14.8. The van der Waals surface area contributed by atoms with Gasteiger partial charge in [-0.1, -0.05) is 40.7 Å². The number of hydrogen-bond donors (Lipinski definition) is 10. The van der Waals surface area contributed by atoms with Gasteiger partial charge in [0.05, 0.1) is 82.4 Å². The highest BCUT2D eigenvalue weighted by atomic mass is 16.6. The van der Waals surface area contributed by atoms with Crippen molar-refractivity contribution in [3.63, 3.8) is 0 Å². The molecular formula is C90H76N22O10. The zero-order valence-corrected chi connectivity index (χ0v) is 65.6. The van der Waals surface area contributed by atoms with Crippen molar-refractivity contribution in [2.45, 2.75) is 44.6 Å². The second-order valence-electron chi connectivity index (χ2n) is 29.2. The fourth-order valence-corrected chi connectivity index (χ4v) is 14.8. The summed E-state index contributed by atoms with van der Waals surface area (Å²) in [5.41, 5.74) is 23.8. The Bertz CT molecular complexity index is 7320. The van der Waals surface area contributed by atoms with Crippen LogP contribution in [0.5, 0.6) is 11.5 Å². The van der Waals surface area contributed by atoms with Crippen LogP contribution in [0, 0.1) is 6.92 Å². The van der Waals surface area contributed by atoms with E-state index >= 15 is 0 Å². The van der Waals surface area contributed by atoms with Crippen LogP contribution in [-0.2, 0) is 27.1 Å². The third kappa shape index (κ3) is 15.9. The molecule has 606 valence electrons. The van der Waals surface area contributed by atoms with Crippen molar-refractivity contribution in [2.24, 2.45) is 0 Å². The molecule has 32 heteroatoms. The summed E-state index contributed by atoms with van der Waals surface area (Å²) < 4.78 is 55.1. The highest BCUT2D eigenvalue weighted by Gasteiger charge is 2.25. The van der Waals surface area contributed by atoms with Crippen LogP contribution in [0.3, 0.4) is 0 Å². The summed E-state index contributed by atoms with van der Waals surface area (Å²) in [6.45, 7) is 5.84. The van der Waals surface area contributed by atoms with E-state index in [4.69, 9.17) is 46.0 Å². The molecule has 0 saturated carbocycles. The number of rotatable bonds is 19. The number of furan rings is 3. The predicted octanol–water partition coefficient (Wildman–Crippen LogP) is 19.2. The van der Waals surface area contributed by atoms with E-state index in [1.165, 1.54) is 22.3 Å². The maximum atomic E-state index is 5.84. The molecule has 24 rings (SSSR count). The Morgan fingerprint density at radius 2 is 0.885 bits per heavy atom. The van der Waals surface area contributed by atoms with Crippen molar-refractivity contribution in [3.05, 3.63) is 259 Å². The summed E-state index contributed by atoms with van der Waals surface area (Å²) in [6.07, 6.45) is 22.4. The van der Waals surface area contributed by atoms with Crippen LogP contribution in [0.1, 0.15) is 52.4 Å². The molecule has 2 saturated heterocycles. The first-order chi connectivity index (χ1) is 60.2. The molecule has 1 unspecified atom stereocenters. The third-order valence-corrected chi connectivity index (χ3v) is 21.1. The highest BCUT2D eigenvalue weighted by molar-refractivity contribution is 5.96. The monoisotopic (exact) mass is 1620 g/mol. The molecule has 17 heterocycles. The SMILES string of the molecule is C1=Cc2cc(Cc3noc4cc(Nc5n[nH]c6cccnc56)ccc34)ccc2C1.COCCOc1coc2cc(Nc3n[nH]c4cccnc34)ccc12.Cc1noc2cc(Nc3n[nH]c4cccnc34)ccc12.c1cnc2c(Nc3ccc4c(C5CCCOC5)coc4c3)n[nH]c2c1.c1cnc2c(Nc3ccc4c(OC5COC5)coc4c3)n[nH]c2c1. The summed E-state index contributed by atoms with van der Waals surface area (Å²) in [5.74, 6) is 5.32. The van der Waals surface area contributed by atoms with Crippen molar-refractivity contribution in [1.82, 2.24) is 86.2 Å². The zero-order valence-electron chi connectivity index (χ0n) is 65.6. The second kappa shape index (κ2) is 33.7. The lowest BCUT2D eigenvalue weighted by Gasteiger charge is -2.26. The number of allylic oxidation sites excluding steroid dienone is 1. The van der Waals surface area contributed by atoms with Gasteiger partial charge in [-0.3, -0.25) is 50.4 Å². The summed E-state index contributed by atoms with van der Waals surface area (Å²) in [6, 6.07) is 55.4. The Kier molecular flexibility index (Phi) is 20.7. The quantitative estimate of drug-likeness (QED) is 0.0336. The van der Waals surface area contributed by atoms with E-state index in [1.807, 2.05) is 153 Å². The van der Waals surface area contributed by atoms with E-state index < -0.39 is 0 Å². The fraction of sp³-hybridized carbons (Fsp3) is 0.156.